The first-order chi connectivity index (χ1) is 15.0. The number of rotatable bonds is 5. The van der Waals surface area contributed by atoms with Crippen molar-refractivity contribution in [3.63, 3.8) is 0 Å². The summed E-state index contributed by atoms with van der Waals surface area (Å²) in [5.74, 6) is -0.299. The Morgan fingerprint density at radius 1 is 1.00 bits per heavy atom. The lowest BCUT2D eigenvalue weighted by molar-refractivity contribution is -0.136. The summed E-state index contributed by atoms with van der Waals surface area (Å²) in [5.41, 5.74) is 3.99. The minimum absolute atomic E-state index is 0.108. The van der Waals surface area contributed by atoms with Gasteiger partial charge in [0.15, 0.2) is 0 Å². The molecule has 5 nitrogen and oxygen atoms in total. The fourth-order valence-electron chi connectivity index (χ4n) is 4.81. The number of fused-ring (bicyclic) bond motifs is 1. The molecule has 0 aromatic heterocycles. The number of Topliss-reactive ketones (excluding diaryl/α,β-unsaturated/α-hetero) is 1. The van der Waals surface area contributed by atoms with Gasteiger partial charge in [-0.15, -0.1) is 0 Å². The average molecular weight is 418 g/mol. The molecule has 1 heterocycles. The Bertz CT molecular complexity index is 1040. The molecular formula is C26H27NO4. The van der Waals surface area contributed by atoms with E-state index in [1.807, 2.05) is 56.3 Å². The van der Waals surface area contributed by atoms with Crippen LogP contribution in [0.1, 0.15) is 49.7 Å². The highest BCUT2D eigenvalue weighted by atomic mass is 16.5. The maximum Gasteiger partial charge on any atom is 0.336 e. The standard InChI is InChI=1S/C26H27NO4/c1-4-31-20-12-10-18(11-13-20)24-23(26(29)30-3)16(2)27-21-14-19(15-22(28)25(21)24)17-8-6-5-7-9-17/h5-13,19,24-25H,4,14-15H2,1-3H3/t19-,24+,25?/m0/s1. The van der Waals surface area contributed by atoms with Crippen LogP contribution in [0.15, 0.2) is 70.9 Å². The van der Waals surface area contributed by atoms with E-state index in [-0.39, 0.29) is 11.7 Å². The Morgan fingerprint density at radius 3 is 2.35 bits per heavy atom. The molecule has 0 amide bonds. The van der Waals surface area contributed by atoms with E-state index in [0.29, 0.717) is 30.7 Å². The van der Waals surface area contributed by atoms with Crippen LogP contribution in [-0.2, 0) is 14.3 Å². The first-order valence-electron chi connectivity index (χ1n) is 10.7. The highest BCUT2D eigenvalue weighted by Gasteiger charge is 2.45. The van der Waals surface area contributed by atoms with Gasteiger partial charge in [0.05, 0.1) is 25.2 Å². The van der Waals surface area contributed by atoms with Gasteiger partial charge in [-0.05, 0) is 49.4 Å². The van der Waals surface area contributed by atoms with Gasteiger partial charge >= 0.3 is 5.97 Å². The van der Waals surface area contributed by atoms with Crippen LogP contribution in [0.4, 0.5) is 0 Å². The molecule has 0 bridgehead atoms. The predicted molar refractivity (Wildman–Crippen MR) is 119 cm³/mol. The van der Waals surface area contributed by atoms with Gasteiger partial charge in [-0.25, -0.2) is 4.79 Å². The van der Waals surface area contributed by atoms with Gasteiger partial charge in [0.1, 0.15) is 11.5 Å². The molecule has 0 spiro atoms. The molecular weight excluding hydrogens is 390 g/mol. The van der Waals surface area contributed by atoms with E-state index in [9.17, 15) is 9.59 Å². The smallest absolute Gasteiger partial charge is 0.336 e. The number of carbonyl (C=O) groups excluding carboxylic acids is 2. The van der Waals surface area contributed by atoms with Crippen LogP contribution in [0.2, 0.25) is 0 Å². The number of aliphatic imine (C=N–C) groups is 1. The summed E-state index contributed by atoms with van der Waals surface area (Å²) in [4.78, 5) is 30.9. The molecule has 1 unspecified atom stereocenters. The lowest BCUT2D eigenvalue weighted by Gasteiger charge is -2.38. The van der Waals surface area contributed by atoms with Gasteiger partial charge in [-0.1, -0.05) is 42.5 Å². The Hall–Kier alpha value is -3.21. The van der Waals surface area contributed by atoms with E-state index in [0.717, 1.165) is 22.6 Å². The van der Waals surface area contributed by atoms with Crippen LogP contribution in [0, 0.1) is 5.92 Å². The molecule has 160 valence electrons. The summed E-state index contributed by atoms with van der Waals surface area (Å²) in [6.07, 6.45) is 1.15. The number of esters is 1. The predicted octanol–water partition coefficient (Wildman–Crippen LogP) is 4.83. The molecule has 1 saturated carbocycles. The first-order valence-corrected chi connectivity index (χ1v) is 10.7. The molecule has 3 atom stereocenters. The van der Waals surface area contributed by atoms with Crippen molar-refractivity contribution in [2.45, 2.75) is 38.5 Å². The second kappa shape index (κ2) is 8.88. The zero-order valence-electron chi connectivity index (χ0n) is 18.1. The number of nitrogens with zero attached hydrogens (tertiary/aromatic N) is 1. The summed E-state index contributed by atoms with van der Waals surface area (Å²) in [5, 5.41) is 0. The number of allylic oxidation sites excluding steroid dienone is 1. The van der Waals surface area contributed by atoms with Crippen LogP contribution >= 0.6 is 0 Å². The summed E-state index contributed by atoms with van der Waals surface area (Å²) in [7, 11) is 1.37. The minimum Gasteiger partial charge on any atom is -0.494 e. The SMILES string of the molecule is CCOc1ccc([C@@H]2C(C(=O)OC)=C(C)N=C3C[C@H](c4ccccc4)CC(=O)C32)cc1. The molecule has 0 saturated heterocycles. The maximum atomic E-state index is 13.4. The van der Waals surface area contributed by atoms with Gasteiger partial charge < -0.3 is 9.47 Å². The third-order valence-corrected chi connectivity index (χ3v) is 6.18. The molecule has 2 aromatic rings. The Balaban J connectivity index is 1.76. The van der Waals surface area contributed by atoms with Crippen molar-refractivity contribution in [3.8, 4) is 5.75 Å². The fourth-order valence-corrected chi connectivity index (χ4v) is 4.81. The van der Waals surface area contributed by atoms with Crippen molar-refractivity contribution in [3.05, 3.63) is 77.0 Å². The van der Waals surface area contributed by atoms with E-state index in [4.69, 9.17) is 14.5 Å². The first kappa shape index (κ1) is 21.0. The number of ketones is 1. The molecule has 31 heavy (non-hydrogen) atoms. The van der Waals surface area contributed by atoms with Crippen LogP contribution in [0.5, 0.6) is 5.75 Å². The third kappa shape index (κ3) is 4.05. The van der Waals surface area contributed by atoms with Crippen LogP contribution in [0.25, 0.3) is 0 Å². The third-order valence-electron chi connectivity index (χ3n) is 6.18. The van der Waals surface area contributed by atoms with Crippen molar-refractivity contribution in [1.82, 2.24) is 0 Å². The van der Waals surface area contributed by atoms with Gasteiger partial charge in [-0.3, -0.25) is 9.79 Å². The molecule has 1 fully saturated rings. The van der Waals surface area contributed by atoms with Crippen molar-refractivity contribution in [2.75, 3.05) is 13.7 Å². The summed E-state index contributed by atoms with van der Waals surface area (Å²) in [6, 6.07) is 17.7. The van der Waals surface area contributed by atoms with E-state index >= 15 is 0 Å². The highest BCUT2D eigenvalue weighted by Crippen LogP contribution is 2.46. The van der Waals surface area contributed by atoms with E-state index < -0.39 is 17.8 Å². The Labute approximate surface area is 182 Å². The van der Waals surface area contributed by atoms with E-state index in [1.165, 1.54) is 7.11 Å². The zero-order valence-corrected chi connectivity index (χ0v) is 18.1. The largest absolute Gasteiger partial charge is 0.494 e. The molecule has 0 N–H and O–H groups in total. The van der Waals surface area contributed by atoms with Gasteiger partial charge in [0.25, 0.3) is 0 Å². The van der Waals surface area contributed by atoms with Crippen LogP contribution in [0.3, 0.4) is 0 Å². The Morgan fingerprint density at radius 2 is 1.71 bits per heavy atom. The Kier molecular flexibility index (Phi) is 6.03. The number of hydrogen-bond donors (Lipinski definition) is 0. The molecule has 2 aromatic carbocycles. The molecule has 0 radical (unpaired) electrons. The zero-order chi connectivity index (χ0) is 22.0. The van der Waals surface area contributed by atoms with Crippen molar-refractivity contribution in [1.29, 1.82) is 0 Å². The summed E-state index contributed by atoms with van der Waals surface area (Å²) < 4.78 is 10.6. The normalized spacial score (nSPS) is 23.1. The quantitative estimate of drug-likeness (QED) is 0.654. The average Bonchev–Trinajstić information content (AvgIpc) is 2.79. The second-order valence-electron chi connectivity index (χ2n) is 8.03. The molecule has 1 aliphatic heterocycles. The minimum atomic E-state index is -0.448. The molecule has 1 aliphatic carbocycles. The number of methoxy groups -OCH3 is 1. The number of benzene rings is 2. The second-order valence-corrected chi connectivity index (χ2v) is 8.03. The van der Waals surface area contributed by atoms with Crippen LogP contribution in [-0.4, -0.2) is 31.2 Å². The topological polar surface area (TPSA) is 65.0 Å². The van der Waals surface area contributed by atoms with Gasteiger partial charge in [0, 0.05) is 23.7 Å². The highest BCUT2D eigenvalue weighted by molar-refractivity contribution is 6.12. The fraction of sp³-hybridized carbons (Fsp3) is 0.346. The van der Waals surface area contributed by atoms with Gasteiger partial charge in [0.2, 0.25) is 0 Å². The monoisotopic (exact) mass is 417 g/mol. The van der Waals surface area contributed by atoms with E-state index in [1.54, 1.807) is 0 Å². The lowest BCUT2D eigenvalue weighted by Crippen LogP contribution is -2.41. The lowest BCUT2D eigenvalue weighted by atomic mass is 9.66. The molecule has 2 aliphatic rings. The maximum absolute atomic E-state index is 13.4. The van der Waals surface area contributed by atoms with E-state index in [2.05, 4.69) is 12.1 Å². The molecule has 4 rings (SSSR count). The number of ether oxygens (including phenoxy) is 2. The van der Waals surface area contributed by atoms with Crippen molar-refractivity contribution < 1.29 is 19.1 Å². The summed E-state index contributed by atoms with van der Waals surface area (Å²) >= 11 is 0. The molecule has 5 heteroatoms. The van der Waals surface area contributed by atoms with Crippen molar-refractivity contribution in [2.24, 2.45) is 10.9 Å². The van der Waals surface area contributed by atoms with Crippen LogP contribution < -0.4 is 4.74 Å². The number of hydrogen-bond acceptors (Lipinski definition) is 5. The number of carbonyl (C=O) groups is 2. The van der Waals surface area contributed by atoms with Crippen molar-refractivity contribution >= 4 is 17.5 Å². The summed E-state index contributed by atoms with van der Waals surface area (Å²) in [6.45, 7) is 4.34. The van der Waals surface area contributed by atoms with Gasteiger partial charge in [-0.2, -0.15) is 0 Å².